The summed E-state index contributed by atoms with van der Waals surface area (Å²) in [5.74, 6) is 1.34. The van der Waals surface area contributed by atoms with Crippen molar-refractivity contribution in [3.05, 3.63) is 22.2 Å². The molecule has 0 fully saturated rings. The van der Waals surface area contributed by atoms with Gasteiger partial charge in [-0.3, -0.25) is 4.39 Å². The van der Waals surface area contributed by atoms with E-state index in [1.165, 1.54) is 0 Å². The third-order valence-corrected chi connectivity index (χ3v) is 3.14. The Hall–Kier alpha value is -0.810. The molecule has 2 N–H and O–H groups in total. The molecule has 0 bridgehead atoms. The molecule has 0 aliphatic heterocycles. The van der Waals surface area contributed by atoms with Crippen molar-refractivity contribution in [1.29, 1.82) is 0 Å². The maximum Gasteiger partial charge on any atom is 0.175 e. The van der Waals surface area contributed by atoms with Crippen LogP contribution in [0.3, 0.4) is 0 Å². The number of rotatable bonds is 8. The lowest BCUT2D eigenvalue weighted by Gasteiger charge is -2.13. The van der Waals surface area contributed by atoms with Gasteiger partial charge in [-0.2, -0.15) is 0 Å². The quantitative estimate of drug-likeness (QED) is 0.746. The van der Waals surface area contributed by atoms with E-state index in [0.29, 0.717) is 31.1 Å². The summed E-state index contributed by atoms with van der Waals surface area (Å²) in [6, 6.07) is 3.78. The Kier molecular flexibility index (Phi) is 7.05. The van der Waals surface area contributed by atoms with Crippen LogP contribution in [0.1, 0.15) is 24.8 Å². The zero-order valence-corrected chi connectivity index (χ0v) is 12.1. The van der Waals surface area contributed by atoms with E-state index >= 15 is 0 Å². The monoisotopic (exact) mass is 319 g/mol. The predicted molar refractivity (Wildman–Crippen MR) is 73.9 cm³/mol. The molecule has 1 rings (SSSR count). The molecule has 0 unspecified atom stereocenters. The molecule has 18 heavy (non-hydrogen) atoms. The summed E-state index contributed by atoms with van der Waals surface area (Å²) in [5, 5.41) is 0. The molecule has 1 aromatic rings. The molecule has 1 aromatic carbocycles. The lowest BCUT2D eigenvalue weighted by atomic mass is 10.2. The summed E-state index contributed by atoms with van der Waals surface area (Å²) in [6.45, 7) is 0.737. The minimum atomic E-state index is -0.266. The van der Waals surface area contributed by atoms with Crippen molar-refractivity contribution in [2.45, 2.75) is 25.8 Å². The maximum atomic E-state index is 11.9. The van der Waals surface area contributed by atoms with Gasteiger partial charge in [0, 0.05) is 6.54 Å². The van der Waals surface area contributed by atoms with Crippen molar-refractivity contribution in [3.63, 3.8) is 0 Å². The molecule has 0 amide bonds. The molecule has 0 aliphatic carbocycles. The topological polar surface area (TPSA) is 44.5 Å². The highest BCUT2D eigenvalue weighted by atomic mass is 79.9. The predicted octanol–water partition coefficient (Wildman–Crippen LogP) is 3.44. The van der Waals surface area contributed by atoms with Gasteiger partial charge in [-0.1, -0.05) is 0 Å². The Bertz CT molecular complexity index is 374. The first-order valence-electron chi connectivity index (χ1n) is 5.98. The number of benzene rings is 1. The van der Waals surface area contributed by atoms with Crippen LogP contribution in [0.2, 0.25) is 0 Å². The number of methoxy groups -OCH3 is 1. The highest BCUT2D eigenvalue weighted by molar-refractivity contribution is 9.10. The second-order valence-electron chi connectivity index (χ2n) is 3.91. The van der Waals surface area contributed by atoms with Crippen LogP contribution in [0.5, 0.6) is 11.5 Å². The van der Waals surface area contributed by atoms with Gasteiger partial charge in [0.15, 0.2) is 11.5 Å². The second-order valence-corrected chi connectivity index (χ2v) is 4.77. The number of nitrogens with two attached hydrogens (primary N) is 1. The standard InChI is InChI=1S/C13H19BrFNO2/c1-17-12-8-10(9-16)7-11(14)13(12)18-6-4-2-3-5-15/h7-8H,2-6,9,16H2,1H3. The third kappa shape index (κ3) is 4.46. The molecule has 0 saturated heterocycles. The van der Waals surface area contributed by atoms with Crippen molar-refractivity contribution >= 4 is 15.9 Å². The van der Waals surface area contributed by atoms with Crippen LogP contribution in [0.15, 0.2) is 16.6 Å². The van der Waals surface area contributed by atoms with Crippen molar-refractivity contribution in [3.8, 4) is 11.5 Å². The molecular formula is C13H19BrFNO2. The second kappa shape index (κ2) is 8.32. The highest BCUT2D eigenvalue weighted by Gasteiger charge is 2.10. The summed E-state index contributed by atoms with van der Waals surface area (Å²) in [4.78, 5) is 0. The van der Waals surface area contributed by atoms with E-state index in [-0.39, 0.29) is 6.67 Å². The van der Waals surface area contributed by atoms with E-state index in [9.17, 15) is 4.39 Å². The minimum Gasteiger partial charge on any atom is -0.493 e. The smallest absolute Gasteiger partial charge is 0.175 e. The van der Waals surface area contributed by atoms with Crippen LogP contribution >= 0.6 is 15.9 Å². The zero-order chi connectivity index (χ0) is 13.4. The lowest BCUT2D eigenvalue weighted by Crippen LogP contribution is -2.03. The number of hydrogen-bond donors (Lipinski definition) is 1. The molecule has 0 aliphatic rings. The summed E-state index contributed by atoms with van der Waals surface area (Å²) in [7, 11) is 1.60. The van der Waals surface area contributed by atoms with Crippen LogP contribution in [-0.4, -0.2) is 20.4 Å². The Morgan fingerprint density at radius 2 is 2.06 bits per heavy atom. The Morgan fingerprint density at radius 1 is 1.28 bits per heavy atom. The lowest BCUT2D eigenvalue weighted by molar-refractivity contribution is 0.281. The van der Waals surface area contributed by atoms with Crippen LogP contribution in [0, 0.1) is 0 Å². The Morgan fingerprint density at radius 3 is 2.67 bits per heavy atom. The molecule has 0 saturated carbocycles. The van der Waals surface area contributed by atoms with Gasteiger partial charge in [0.25, 0.3) is 0 Å². The first-order chi connectivity index (χ1) is 8.72. The van der Waals surface area contributed by atoms with Gasteiger partial charge in [-0.25, -0.2) is 0 Å². The molecule has 0 spiro atoms. The van der Waals surface area contributed by atoms with E-state index in [4.69, 9.17) is 15.2 Å². The van der Waals surface area contributed by atoms with Gasteiger partial charge >= 0.3 is 0 Å². The number of alkyl halides is 1. The van der Waals surface area contributed by atoms with Crippen molar-refractivity contribution in [2.24, 2.45) is 5.73 Å². The van der Waals surface area contributed by atoms with E-state index in [0.717, 1.165) is 22.9 Å². The Labute approximate surface area is 116 Å². The van der Waals surface area contributed by atoms with Crippen molar-refractivity contribution in [1.82, 2.24) is 0 Å². The number of unbranched alkanes of at least 4 members (excludes halogenated alkanes) is 2. The van der Waals surface area contributed by atoms with Crippen molar-refractivity contribution in [2.75, 3.05) is 20.4 Å². The van der Waals surface area contributed by atoms with Crippen LogP contribution in [-0.2, 0) is 6.54 Å². The average Bonchev–Trinajstić information content (AvgIpc) is 2.39. The summed E-state index contributed by atoms with van der Waals surface area (Å²) >= 11 is 3.44. The Balaban J connectivity index is 2.63. The average molecular weight is 320 g/mol. The molecule has 5 heteroatoms. The number of halogens is 2. The fraction of sp³-hybridized carbons (Fsp3) is 0.538. The molecule has 0 atom stereocenters. The summed E-state index contributed by atoms with van der Waals surface area (Å²) in [5.41, 5.74) is 6.57. The minimum absolute atomic E-state index is 0.266. The zero-order valence-electron chi connectivity index (χ0n) is 10.5. The first kappa shape index (κ1) is 15.2. The van der Waals surface area contributed by atoms with Crippen LogP contribution in [0.4, 0.5) is 4.39 Å². The fourth-order valence-electron chi connectivity index (χ4n) is 1.58. The molecular weight excluding hydrogens is 301 g/mol. The van der Waals surface area contributed by atoms with Crippen LogP contribution in [0.25, 0.3) is 0 Å². The molecule has 0 aromatic heterocycles. The third-order valence-electron chi connectivity index (χ3n) is 2.55. The van der Waals surface area contributed by atoms with Gasteiger partial charge in [0.1, 0.15) is 0 Å². The van der Waals surface area contributed by atoms with Crippen molar-refractivity contribution < 1.29 is 13.9 Å². The molecule has 0 radical (unpaired) electrons. The van der Waals surface area contributed by atoms with Gasteiger partial charge < -0.3 is 15.2 Å². The van der Waals surface area contributed by atoms with Gasteiger partial charge in [-0.15, -0.1) is 0 Å². The van der Waals surface area contributed by atoms with Gasteiger partial charge in [0.05, 0.1) is 24.9 Å². The SMILES string of the molecule is COc1cc(CN)cc(Br)c1OCCCCCF. The van der Waals surface area contributed by atoms with E-state index in [1.807, 2.05) is 12.1 Å². The molecule has 3 nitrogen and oxygen atoms in total. The van der Waals surface area contributed by atoms with E-state index in [2.05, 4.69) is 15.9 Å². The van der Waals surface area contributed by atoms with E-state index < -0.39 is 0 Å². The number of hydrogen-bond acceptors (Lipinski definition) is 3. The summed E-state index contributed by atoms with van der Waals surface area (Å²) in [6.07, 6.45) is 2.25. The normalized spacial score (nSPS) is 10.4. The summed E-state index contributed by atoms with van der Waals surface area (Å²) < 4.78 is 23.7. The molecule has 0 heterocycles. The fourth-order valence-corrected chi connectivity index (χ4v) is 2.18. The first-order valence-corrected chi connectivity index (χ1v) is 6.77. The number of ether oxygens (including phenoxy) is 2. The van der Waals surface area contributed by atoms with Crippen LogP contribution < -0.4 is 15.2 Å². The van der Waals surface area contributed by atoms with E-state index in [1.54, 1.807) is 7.11 Å². The molecule has 102 valence electrons. The highest BCUT2D eigenvalue weighted by Crippen LogP contribution is 2.36. The maximum absolute atomic E-state index is 11.9. The largest absolute Gasteiger partial charge is 0.493 e. The van der Waals surface area contributed by atoms with Gasteiger partial charge in [-0.05, 0) is 52.9 Å². The van der Waals surface area contributed by atoms with Gasteiger partial charge in [0.2, 0.25) is 0 Å².